The van der Waals surface area contributed by atoms with Crippen LogP contribution in [-0.2, 0) is 5.41 Å². The maximum absolute atomic E-state index is 6.56. The summed E-state index contributed by atoms with van der Waals surface area (Å²) in [5.74, 6) is 0.628. The molecule has 0 unspecified atom stereocenters. The van der Waals surface area contributed by atoms with Gasteiger partial charge in [0.2, 0.25) is 5.95 Å². The molecule has 0 amide bonds. The third kappa shape index (κ3) is 5.98. The summed E-state index contributed by atoms with van der Waals surface area (Å²) in [6.07, 6.45) is 0. The van der Waals surface area contributed by atoms with Crippen molar-refractivity contribution in [3.05, 3.63) is 211 Å². The molecule has 4 heteroatoms. The maximum atomic E-state index is 6.56. The SMILES string of the molecule is CC.CC1(C)c2ccccc2-c2cc(-c3cccc(-c4cccc5c6cc(-c7cccc8c7oc7ccccc78)ccc6n(-c6nc(-c7ccccc7)c7ccccc7n6)c45)c3)ccc21. The minimum absolute atomic E-state index is 0.0426. The molecule has 0 N–H and O–H groups in total. The van der Waals surface area contributed by atoms with Crippen LogP contribution in [0.25, 0.3) is 116 Å². The van der Waals surface area contributed by atoms with Crippen LogP contribution in [0.4, 0.5) is 0 Å². The average molecular weight is 836 g/mol. The van der Waals surface area contributed by atoms with Gasteiger partial charge in [0, 0.05) is 49.0 Å². The molecule has 0 spiro atoms. The fourth-order valence-electron chi connectivity index (χ4n) is 10.4. The third-order valence-electron chi connectivity index (χ3n) is 13.4. The van der Waals surface area contributed by atoms with Crippen molar-refractivity contribution in [1.82, 2.24) is 14.5 Å². The zero-order valence-electron chi connectivity index (χ0n) is 36.8. The lowest BCUT2D eigenvalue weighted by Crippen LogP contribution is -2.14. The second-order valence-electron chi connectivity index (χ2n) is 17.3. The van der Waals surface area contributed by atoms with E-state index < -0.39 is 0 Å². The highest BCUT2D eigenvalue weighted by Gasteiger charge is 2.35. The minimum Gasteiger partial charge on any atom is -0.455 e. The topological polar surface area (TPSA) is 43.9 Å². The highest BCUT2D eigenvalue weighted by atomic mass is 16.3. The Morgan fingerprint density at radius 3 is 1.91 bits per heavy atom. The van der Waals surface area contributed by atoms with Crippen molar-refractivity contribution in [3.63, 3.8) is 0 Å². The summed E-state index contributed by atoms with van der Waals surface area (Å²) in [5.41, 5.74) is 18.8. The number of nitrogens with zero attached hydrogens (tertiary/aromatic N) is 3. The monoisotopic (exact) mass is 835 g/mol. The summed E-state index contributed by atoms with van der Waals surface area (Å²) in [7, 11) is 0. The van der Waals surface area contributed by atoms with Crippen molar-refractivity contribution >= 4 is 54.6 Å². The summed E-state index contributed by atoms with van der Waals surface area (Å²) in [6.45, 7) is 8.67. The summed E-state index contributed by atoms with van der Waals surface area (Å²) in [6, 6.07) is 71.8. The van der Waals surface area contributed by atoms with Gasteiger partial charge < -0.3 is 4.42 Å². The van der Waals surface area contributed by atoms with Crippen LogP contribution < -0.4 is 0 Å². The quantitative estimate of drug-likeness (QED) is 0.173. The summed E-state index contributed by atoms with van der Waals surface area (Å²) >= 11 is 0. The highest BCUT2D eigenvalue weighted by Crippen LogP contribution is 2.50. The van der Waals surface area contributed by atoms with Gasteiger partial charge in [-0.05, 0) is 80.9 Å². The smallest absolute Gasteiger partial charge is 0.235 e. The summed E-state index contributed by atoms with van der Waals surface area (Å²) < 4.78 is 8.84. The molecule has 0 atom stereocenters. The van der Waals surface area contributed by atoms with Crippen LogP contribution in [0.15, 0.2) is 205 Å². The molecule has 13 rings (SSSR count). The molecule has 0 saturated carbocycles. The molecule has 1 aliphatic rings. The number of benzene rings is 9. The van der Waals surface area contributed by atoms with Crippen LogP contribution in [0.1, 0.15) is 38.8 Å². The molecule has 12 aromatic rings. The van der Waals surface area contributed by atoms with E-state index >= 15 is 0 Å². The Morgan fingerprint density at radius 2 is 1.03 bits per heavy atom. The number of furan rings is 1. The van der Waals surface area contributed by atoms with Gasteiger partial charge in [-0.25, -0.2) is 9.97 Å². The molecule has 65 heavy (non-hydrogen) atoms. The minimum atomic E-state index is -0.0426. The van der Waals surface area contributed by atoms with E-state index in [1.54, 1.807) is 0 Å². The van der Waals surface area contributed by atoms with Gasteiger partial charge in [-0.1, -0.05) is 191 Å². The first kappa shape index (κ1) is 38.6. The standard InChI is InChI=1S/C59H39N3O.C2H6/c1-59(2)50-26-9-6-19-43(50)48-34-38(29-31-51(48)59)37-17-12-18-39(33-37)41-22-13-24-45-49-35-40(42-23-14-25-46-44-20-8-11-28-54(44)63-57(42)46)30-32-53(49)62(56(41)45)58-60-52-27-10-7-21-47(52)55(61-58)36-15-4-3-5-16-36;1-2/h3-35H,1-2H3;1-2H3. The van der Waals surface area contributed by atoms with Crippen LogP contribution >= 0.6 is 0 Å². The van der Waals surface area contributed by atoms with Crippen LogP contribution in [0.2, 0.25) is 0 Å². The van der Waals surface area contributed by atoms with Gasteiger partial charge in [0.25, 0.3) is 0 Å². The Labute approximate surface area is 378 Å². The second kappa shape index (κ2) is 15.0. The molecule has 0 aliphatic heterocycles. The van der Waals surface area contributed by atoms with Gasteiger partial charge in [0.15, 0.2) is 0 Å². The lowest BCUT2D eigenvalue weighted by Gasteiger charge is -2.21. The normalized spacial score (nSPS) is 12.7. The van der Waals surface area contributed by atoms with Gasteiger partial charge >= 0.3 is 0 Å². The van der Waals surface area contributed by atoms with E-state index in [1.807, 2.05) is 32.0 Å². The van der Waals surface area contributed by atoms with Crippen molar-refractivity contribution < 1.29 is 4.42 Å². The predicted molar refractivity (Wildman–Crippen MR) is 272 cm³/mol. The van der Waals surface area contributed by atoms with Crippen molar-refractivity contribution in [2.75, 3.05) is 0 Å². The molecule has 1 aliphatic carbocycles. The van der Waals surface area contributed by atoms with E-state index in [0.717, 1.165) is 88.2 Å². The number of aromatic nitrogens is 3. The Balaban J connectivity index is 0.00000219. The van der Waals surface area contributed by atoms with E-state index in [4.69, 9.17) is 14.4 Å². The fraction of sp³-hybridized carbons (Fsp3) is 0.0820. The van der Waals surface area contributed by atoms with Crippen molar-refractivity contribution in [2.24, 2.45) is 0 Å². The van der Waals surface area contributed by atoms with Gasteiger partial charge in [-0.2, -0.15) is 0 Å². The molecule has 0 fully saturated rings. The molecular formula is C61H45N3O. The Bertz CT molecular complexity index is 3830. The van der Waals surface area contributed by atoms with E-state index in [9.17, 15) is 0 Å². The molecule has 310 valence electrons. The zero-order chi connectivity index (χ0) is 43.8. The predicted octanol–water partition coefficient (Wildman–Crippen LogP) is 16.6. The van der Waals surface area contributed by atoms with Gasteiger partial charge in [-0.3, -0.25) is 4.57 Å². The molecule has 4 nitrogen and oxygen atoms in total. The molecule has 3 aromatic heterocycles. The Kier molecular flexibility index (Phi) is 8.92. The number of para-hydroxylation sites is 4. The van der Waals surface area contributed by atoms with Crippen molar-refractivity contribution in [2.45, 2.75) is 33.1 Å². The summed E-state index contributed by atoms with van der Waals surface area (Å²) in [5, 5.41) is 5.49. The number of hydrogen-bond acceptors (Lipinski definition) is 3. The zero-order valence-corrected chi connectivity index (χ0v) is 36.8. The fourth-order valence-corrected chi connectivity index (χ4v) is 10.4. The van der Waals surface area contributed by atoms with E-state index in [0.29, 0.717) is 5.95 Å². The first-order chi connectivity index (χ1) is 32.0. The number of hydrogen-bond donors (Lipinski definition) is 0. The molecular weight excluding hydrogens is 791 g/mol. The molecule has 3 heterocycles. The van der Waals surface area contributed by atoms with Crippen molar-refractivity contribution in [3.8, 4) is 61.7 Å². The maximum Gasteiger partial charge on any atom is 0.235 e. The lowest BCUT2D eigenvalue weighted by molar-refractivity contribution is 0.660. The molecule has 0 radical (unpaired) electrons. The van der Waals surface area contributed by atoms with Crippen molar-refractivity contribution in [1.29, 1.82) is 0 Å². The van der Waals surface area contributed by atoms with E-state index in [-0.39, 0.29) is 5.41 Å². The van der Waals surface area contributed by atoms with Gasteiger partial charge in [0.05, 0.1) is 22.2 Å². The van der Waals surface area contributed by atoms with Gasteiger partial charge in [-0.15, -0.1) is 0 Å². The third-order valence-corrected chi connectivity index (χ3v) is 13.4. The van der Waals surface area contributed by atoms with Gasteiger partial charge in [0.1, 0.15) is 11.2 Å². The van der Waals surface area contributed by atoms with Crippen LogP contribution in [0.5, 0.6) is 0 Å². The highest BCUT2D eigenvalue weighted by molar-refractivity contribution is 6.16. The molecule has 9 aromatic carbocycles. The van der Waals surface area contributed by atoms with Crippen LogP contribution in [0.3, 0.4) is 0 Å². The largest absolute Gasteiger partial charge is 0.455 e. The number of rotatable bonds is 5. The first-order valence-electron chi connectivity index (χ1n) is 22.7. The van der Waals surface area contributed by atoms with Crippen LogP contribution in [0, 0.1) is 0 Å². The number of fused-ring (bicyclic) bond motifs is 10. The molecule has 0 saturated heterocycles. The lowest BCUT2D eigenvalue weighted by atomic mass is 9.82. The Morgan fingerprint density at radius 1 is 0.415 bits per heavy atom. The average Bonchev–Trinajstić information content (AvgIpc) is 3.99. The van der Waals surface area contributed by atoms with E-state index in [2.05, 4.69) is 200 Å². The Hall–Kier alpha value is -8.08. The molecule has 0 bridgehead atoms. The second-order valence-corrected chi connectivity index (χ2v) is 17.3. The summed E-state index contributed by atoms with van der Waals surface area (Å²) in [4.78, 5) is 10.8. The van der Waals surface area contributed by atoms with Crippen LogP contribution in [-0.4, -0.2) is 14.5 Å². The first-order valence-corrected chi connectivity index (χ1v) is 22.7. The van der Waals surface area contributed by atoms with E-state index in [1.165, 1.54) is 33.4 Å².